The van der Waals surface area contributed by atoms with Gasteiger partial charge in [0, 0.05) is 19.0 Å². The van der Waals surface area contributed by atoms with E-state index in [-0.39, 0.29) is 11.7 Å². The summed E-state index contributed by atoms with van der Waals surface area (Å²) >= 11 is 0. The SMILES string of the molecule is CCC(/C=C(\CC)C(C)=O)=Nc1nc(NC)ncc1C(F)(F)F. The van der Waals surface area contributed by atoms with Crippen molar-refractivity contribution in [1.29, 1.82) is 0 Å². The van der Waals surface area contributed by atoms with E-state index in [1.54, 1.807) is 13.8 Å². The van der Waals surface area contributed by atoms with Gasteiger partial charge < -0.3 is 5.32 Å². The van der Waals surface area contributed by atoms with Crippen molar-refractivity contribution in [1.82, 2.24) is 9.97 Å². The smallest absolute Gasteiger partial charge is 0.357 e. The van der Waals surface area contributed by atoms with Crippen molar-refractivity contribution in [2.24, 2.45) is 4.99 Å². The number of hydrogen-bond acceptors (Lipinski definition) is 5. The Morgan fingerprint density at radius 3 is 2.43 bits per heavy atom. The first-order valence-corrected chi connectivity index (χ1v) is 7.13. The quantitative estimate of drug-likeness (QED) is 0.634. The Bertz CT molecular complexity index is 636. The zero-order valence-corrected chi connectivity index (χ0v) is 13.5. The van der Waals surface area contributed by atoms with Crippen LogP contribution in [0.1, 0.15) is 39.2 Å². The fourth-order valence-electron chi connectivity index (χ4n) is 1.78. The minimum Gasteiger partial charge on any atom is -0.357 e. The molecule has 0 aliphatic heterocycles. The molecule has 0 atom stereocenters. The van der Waals surface area contributed by atoms with Crippen molar-refractivity contribution in [3.8, 4) is 0 Å². The van der Waals surface area contributed by atoms with Crippen LogP contribution < -0.4 is 5.32 Å². The van der Waals surface area contributed by atoms with E-state index in [9.17, 15) is 18.0 Å². The second-order valence-corrected chi connectivity index (χ2v) is 4.71. The Balaban J connectivity index is 3.44. The van der Waals surface area contributed by atoms with Crippen molar-refractivity contribution < 1.29 is 18.0 Å². The Kier molecular flexibility index (Phi) is 6.41. The lowest BCUT2D eigenvalue weighted by Crippen LogP contribution is -2.09. The molecular weight excluding hydrogens is 309 g/mol. The molecule has 1 aromatic rings. The van der Waals surface area contributed by atoms with Gasteiger partial charge in [-0.3, -0.25) is 4.79 Å². The summed E-state index contributed by atoms with van der Waals surface area (Å²) in [5, 5.41) is 2.58. The lowest BCUT2D eigenvalue weighted by atomic mass is 10.1. The molecule has 5 nitrogen and oxygen atoms in total. The molecule has 0 radical (unpaired) electrons. The Morgan fingerprint density at radius 1 is 1.35 bits per heavy atom. The first-order chi connectivity index (χ1) is 10.7. The summed E-state index contributed by atoms with van der Waals surface area (Å²) < 4.78 is 39.2. The van der Waals surface area contributed by atoms with E-state index in [1.165, 1.54) is 20.0 Å². The maximum absolute atomic E-state index is 13.1. The van der Waals surface area contributed by atoms with E-state index < -0.39 is 17.6 Å². The van der Waals surface area contributed by atoms with Gasteiger partial charge in [0.1, 0.15) is 5.56 Å². The predicted molar refractivity (Wildman–Crippen MR) is 83.0 cm³/mol. The van der Waals surface area contributed by atoms with Gasteiger partial charge in [-0.2, -0.15) is 18.2 Å². The van der Waals surface area contributed by atoms with E-state index in [1.807, 2.05) is 0 Å². The highest BCUT2D eigenvalue weighted by Gasteiger charge is 2.35. The summed E-state index contributed by atoms with van der Waals surface area (Å²) in [6, 6.07) is 0. The Hall–Kier alpha value is -2.25. The highest BCUT2D eigenvalue weighted by atomic mass is 19.4. The maximum Gasteiger partial charge on any atom is 0.421 e. The number of halogens is 3. The number of Topliss-reactive ketones (excluding diaryl/α,β-unsaturated/α-hetero) is 1. The van der Waals surface area contributed by atoms with Gasteiger partial charge in [0.25, 0.3) is 0 Å². The molecule has 0 bridgehead atoms. The van der Waals surface area contributed by atoms with Crippen molar-refractivity contribution in [3.05, 3.63) is 23.4 Å². The lowest BCUT2D eigenvalue weighted by molar-refractivity contribution is -0.137. The number of hydrogen-bond donors (Lipinski definition) is 1. The van der Waals surface area contributed by atoms with Crippen LogP contribution in [0.5, 0.6) is 0 Å². The molecule has 1 heterocycles. The largest absolute Gasteiger partial charge is 0.421 e. The van der Waals surface area contributed by atoms with Gasteiger partial charge in [0.15, 0.2) is 11.6 Å². The number of aliphatic imine (C=N–C) groups is 1. The molecule has 0 fully saturated rings. The molecular formula is C15H19F3N4O. The number of anilines is 1. The molecule has 0 amide bonds. The highest BCUT2D eigenvalue weighted by Crippen LogP contribution is 2.35. The van der Waals surface area contributed by atoms with Crippen LogP contribution in [-0.2, 0) is 11.0 Å². The molecule has 8 heteroatoms. The normalized spacial score (nSPS) is 13.2. The fraction of sp³-hybridized carbons (Fsp3) is 0.467. The number of alkyl halides is 3. The van der Waals surface area contributed by atoms with E-state index >= 15 is 0 Å². The van der Waals surface area contributed by atoms with Gasteiger partial charge in [-0.05, 0) is 31.4 Å². The number of rotatable bonds is 6. The molecule has 126 valence electrons. The Labute approximate surface area is 132 Å². The summed E-state index contributed by atoms with van der Waals surface area (Å²) in [4.78, 5) is 22.8. The fourth-order valence-corrected chi connectivity index (χ4v) is 1.78. The molecule has 0 spiro atoms. The number of carbonyl (C=O) groups excluding carboxylic acids is 1. The van der Waals surface area contributed by atoms with Gasteiger partial charge in [0.2, 0.25) is 5.95 Å². The average molecular weight is 328 g/mol. The number of ketones is 1. The zero-order chi connectivity index (χ0) is 17.6. The third kappa shape index (κ3) is 5.15. The monoisotopic (exact) mass is 328 g/mol. The van der Waals surface area contributed by atoms with Crippen LogP contribution in [0.2, 0.25) is 0 Å². The minimum absolute atomic E-state index is 0.0402. The first kappa shape index (κ1) is 18.8. The van der Waals surface area contributed by atoms with Crippen molar-refractivity contribution in [2.75, 3.05) is 12.4 Å². The third-order valence-corrected chi connectivity index (χ3v) is 3.08. The van der Waals surface area contributed by atoms with Gasteiger partial charge in [-0.15, -0.1) is 0 Å². The van der Waals surface area contributed by atoms with Crippen molar-refractivity contribution in [2.45, 2.75) is 39.8 Å². The molecule has 0 aliphatic rings. The molecule has 0 aliphatic carbocycles. The molecule has 1 rings (SSSR count). The van der Waals surface area contributed by atoms with E-state index in [4.69, 9.17) is 0 Å². The highest BCUT2D eigenvalue weighted by molar-refractivity contribution is 6.04. The van der Waals surface area contributed by atoms with Crippen LogP contribution in [0.3, 0.4) is 0 Å². The number of nitrogens with one attached hydrogen (secondary N) is 1. The van der Waals surface area contributed by atoms with Gasteiger partial charge in [0.05, 0.1) is 0 Å². The molecule has 0 unspecified atom stereocenters. The molecule has 23 heavy (non-hydrogen) atoms. The predicted octanol–water partition coefficient (Wildman–Crippen LogP) is 3.95. The number of aromatic nitrogens is 2. The topological polar surface area (TPSA) is 67.2 Å². The molecule has 1 N–H and O–H groups in total. The van der Waals surface area contributed by atoms with Crippen LogP contribution in [0, 0.1) is 0 Å². The van der Waals surface area contributed by atoms with Gasteiger partial charge in [-0.1, -0.05) is 13.8 Å². The zero-order valence-electron chi connectivity index (χ0n) is 13.5. The van der Waals surface area contributed by atoms with Crippen LogP contribution in [-0.4, -0.2) is 28.5 Å². The maximum atomic E-state index is 13.1. The second-order valence-electron chi connectivity index (χ2n) is 4.71. The van der Waals surface area contributed by atoms with Crippen molar-refractivity contribution in [3.63, 3.8) is 0 Å². The van der Waals surface area contributed by atoms with E-state index in [0.717, 1.165) is 0 Å². The minimum atomic E-state index is -4.61. The molecule has 1 aromatic heterocycles. The third-order valence-electron chi connectivity index (χ3n) is 3.08. The van der Waals surface area contributed by atoms with Crippen LogP contribution in [0.4, 0.5) is 24.9 Å². The number of allylic oxidation sites excluding steroid dienone is 2. The van der Waals surface area contributed by atoms with Crippen LogP contribution in [0.25, 0.3) is 0 Å². The summed E-state index contributed by atoms with van der Waals surface area (Å²) in [6.07, 6.45) is -1.55. The van der Waals surface area contributed by atoms with E-state index in [2.05, 4.69) is 20.3 Å². The summed E-state index contributed by atoms with van der Waals surface area (Å²) in [5.41, 5.74) is -0.165. The van der Waals surface area contributed by atoms with Gasteiger partial charge >= 0.3 is 6.18 Å². The number of carbonyl (C=O) groups is 1. The second kappa shape index (κ2) is 7.85. The molecule has 0 aromatic carbocycles. The van der Waals surface area contributed by atoms with Crippen LogP contribution in [0.15, 0.2) is 22.8 Å². The van der Waals surface area contributed by atoms with Crippen molar-refractivity contribution >= 4 is 23.3 Å². The van der Waals surface area contributed by atoms with Crippen LogP contribution >= 0.6 is 0 Å². The Morgan fingerprint density at radius 2 is 2.00 bits per heavy atom. The first-order valence-electron chi connectivity index (χ1n) is 7.13. The summed E-state index contributed by atoms with van der Waals surface area (Å²) in [6.45, 7) is 4.95. The number of nitrogens with zero attached hydrogens (tertiary/aromatic N) is 3. The van der Waals surface area contributed by atoms with E-state index in [0.29, 0.717) is 30.3 Å². The molecule has 0 saturated carbocycles. The standard InChI is InChI=1S/C15H19F3N4O/c1-5-10(9(3)23)7-11(6-2)21-13-12(15(16,17)18)8-20-14(19-4)22-13/h7-8H,5-6H2,1-4H3,(H,19,20,22)/b10-7+,21-11?. The summed E-state index contributed by atoms with van der Waals surface area (Å²) in [5.74, 6) is -0.564. The lowest BCUT2D eigenvalue weighted by Gasteiger charge is -2.10. The average Bonchev–Trinajstić information content (AvgIpc) is 2.49. The molecule has 0 saturated heterocycles. The van der Waals surface area contributed by atoms with Gasteiger partial charge in [-0.25, -0.2) is 9.98 Å². The summed E-state index contributed by atoms with van der Waals surface area (Å²) in [7, 11) is 1.50.